The summed E-state index contributed by atoms with van der Waals surface area (Å²) >= 11 is 0. The summed E-state index contributed by atoms with van der Waals surface area (Å²) in [5, 5.41) is 0. The monoisotopic (exact) mass is 229 g/mol. The average molecular weight is 229 g/mol. The number of ether oxygens (including phenoxy) is 1. The van der Waals surface area contributed by atoms with Crippen molar-refractivity contribution in [1.29, 1.82) is 0 Å². The molecule has 7 heteroatoms. The Morgan fingerprint density at radius 1 is 1.73 bits per heavy atom. The van der Waals surface area contributed by atoms with Crippen molar-refractivity contribution in [3.63, 3.8) is 0 Å². The van der Waals surface area contributed by atoms with Crippen molar-refractivity contribution in [2.24, 2.45) is 0 Å². The summed E-state index contributed by atoms with van der Waals surface area (Å²) in [5.74, 6) is 0.709. The minimum atomic E-state index is -1.01. The molecule has 0 aliphatic carbocycles. The van der Waals surface area contributed by atoms with E-state index in [9.17, 15) is 9.00 Å². The lowest BCUT2D eigenvalue weighted by Crippen LogP contribution is -2.29. The predicted octanol–water partition coefficient (Wildman–Crippen LogP) is -0.631. The normalized spacial score (nSPS) is 25.7. The third-order valence-corrected chi connectivity index (χ3v) is 3.26. The number of nitrogens with two attached hydrogens (primary N) is 1. The Hall–Kier alpha value is -1.21. The second kappa shape index (κ2) is 3.74. The van der Waals surface area contributed by atoms with Crippen LogP contribution >= 0.6 is 0 Å². The van der Waals surface area contributed by atoms with Gasteiger partial charge in [0.05, 0.1) is 16.6 Å². The fourth-order valence-corrected chi connectivity index (χ4v) is 2.34. The van der Waals surface area contributed by atoms with Crippen LogP contribution in [0.25, 0.3) is 0 Å². The first-order chi connectivity index (χ1) is 7.08. The molecule has 0 radical (unpaired) electrons. The van der Waals surface area contributed by atoms with Gasteiger partial charge in [-0.15, -0.1) is 0 Å². The molecule has 2 N–H and O–H groups in total. The molecule has 0 amide bonds. The van der Waals surface area contributed by atoms with Crippen LogP contribution in [0, 0.1) is 6.92 Å². The first kappa shape index (κ1) is 10.3. The summed E-state index contributed by atoms with van der Waals surface area (Å²) in [5.41, 5.74) is 5.72. The van der Waals surface area contributed by atoms with Crippen LogP contribution < -0.4 is 11.4 Å². The number of hydrogen-bond donors (Lipinski definition) is 1. The van der Waals surface area contributed by atoms with E-state index in [0.29, 0.717) is 11.3 Å². The van der Waals surface area contributed by atoms with Crippen molar-refractivity contribution in [2.45, 2.75) is 13.2 Å². The van der Waals surface area contributed by atoms with Crippen LogP contribution in [0.1, 0.15) is 11.8 Å². The molecule has 1 fully saturated rings. The van der Waals surface area contributed by atoms with E-state index in [1.165, 1.54) is 4.57 Å². The van der Waals surface area contributed by atoms with Gasteiger partial charge in [-0.25, -0.2) is 4.79 Å². The van der Waals surface area contributed by atoms with E-state index in [2.05, 4.69) is 4.98 Å². The van der Waals surface area contributed by atoms with Crippen LogP contribution in [0.2, 0.25) is 0 Å². The molecule has 82 valence electrons. The number of hydrogen-bond acceptors (Lipinski definition) is 5. The minimum absolute atomic E-state index is 0.167. The first-order valence-electron chi connectivity index (χ1n) is 4.40. The lowest BCUT2D eigenvalue weighted by molar-refractivity contribution is 0.0635. The van der Waals surface area contributed by atoms with Crippen molar-refractivity contribution in [2.75, 3.05) is 17.4 Å². The molecule has 1 aromatic rings. The van der Waals surface area contributed by atoms with Crippen LogP contribution in [0.4, 0.5) is 5.82 Å². The number of aromatic nitrogens is 2. The van der Waals surface area contributed by atoms with Gasteiger partial charge >= 0.3 is 5.69 Å². The van der Waals surface area contributed by atoms with Crippen molar-refractivity contribution >= 4 is 16.6 Å². The predicted molar refractivity (Wildman–Crippen MR) is 55.6 cm³/mol. The molecule has 1 aliphatic heterocycles. The van der Waals surface area contributed by atoms with Gasteiger partial charge in [0, 0.05) is 11.8 Å². The topological polar surface area (TPSA) is 87.2 Å². The van der Waals surface area contributed by atoms with Gasteiger partial charge in [0.15, 0.2) is 6.23 Å². The third kappa shape index (κ3) is 1.93. The highest BCUT2D eigenvalue weighted by atomic mass is 32.2. The zero-order valence-electron chi connectivity index (χ0n) is 8.17. The third-order valence-electron chi connectivity index (χ3n) is 2.20. The maximum Gasteiger partial charge on any atom is 0.351 e. The SMILES string of the molecule is Cc1cn(C2CS(=O)CO2)c(=O)nc1N. The molecule has 0 saturated carbocycles. The van der Waals surface area contributed by atoms with Gasteiger partial charge in [0.1, 0.15) is 11.8 Å². The van der Waals surface area contributed by atoms with Gasteiger partial charge in [0.25, 0.3) is 0 Å². The van der Waals surface area contributed by atoms with Gasteiger partial charge in [-0.05, 0) is 6.92 Å². The summed E-state index contributed by atoms with van der Waals surface area (Å²) in [4.78, 5) is 15.1. The Bertz CT molecular complexity index is 471. The number of anilines is 1. The highest BCUT2D eigenvalue weighted by Crippen LogP contribution is 2.16. The molecule has 0 aromatic carbocycles. The Labute approximate surface area is 88.5 Å². The summed E-state index contributed by atoms with van der Waals surface area (Å²) in [6, 6.07) is 0. The van der Waals surface area contributed by atoms with Crippen LogP contribution in [-0.2, 0) is 15.5 Å². The summed E-state index contributed by atoms with van der Waals surface area (Å²) in [6.45, 7) is 1.75. The quantitative estimate of drug-likeness (QED) is 0.692. The largest absolute Gasteiger partial charge is 0.383 e. The second-order valence-corrected chi connectivity index (χ2v) is 4.79. The molecule has 0 spiro atoms. The molecule has 1 aliphatic rings. The van der Waals surface area contributed by atoms with Crippen molar-refractivity contribution in [1.82, 2.24) is 9.55 Å². The van der Waals surface area contributed by atoms with Crippen molar-refractivity contribution < 1.29 is 8.95 Å². The lowest BCUT2D eigenvalue weighted by atomic mass is 10.3. The van der Waals surface area contributed by atoms with E-state index in [1.807, 2.05) is 0 Å². The van der Waals surface area contributed by atoms with Gasteiger partial charge in [0.2, 0.25) is 0 Å². The van der Waals surface area contributed by atoms with E-state index >= 15 is 0 Å². The molecule has 0 bridgehead atoms. The Balaban J connectivity index is 2.40. The van der Waals surface area contributed by atoms with E-state index < -0.39 is 22.7 Å². The highest BCUT2D eigenvalue weighted by molar-refractivity contribution is 7.85. The Morgan fingerprint density at radius 3 is 3.07 bits per heavy atom. The fourth-order valence-electron chi connectivity index (χ4n) is 1.36. The molecule has 2 heterocycles. The molecular formula is C8H11N3O3S. The minimum Gasteiger partial charge on any atom is -0.383 e. The molecule has 2 unspecified atom stereocenters. The molecule has 15 heavy (non-hydrogen) atoms. The standard InChI is InChI=1S/C8H11N3O3S/c1-5-2-11(8(12)10-7(5)9)6-3-15(13)4-14-6/h2,6H,3-4H2,1H3,(H2,9,10,12). The molecule has 2 rings (SSSR count). The van der Waals surface area contributed by atoms with Crippen molar-refractivity contribution in [3.05, 3.63) is 22.2 Å². The van der Waals surface area contributed by atoms with Crippen LogP contribution in [0.15, 0.2) is 11.0 Å². The fraction of sp³-hybridized carbons (Fsp3) is 0.500. The van der Waals surface area contributed by atoms with E-state index in [-0.39, 0.29) is 11.8 Å². The van der Waals surface area contributed by atoms with Crippen LogP contribution in [0.5, 0.6) is 0 Å². The zero-order chi connectivity index (χ0) is 11.0. The number of nitrogens with zero attached hydrogens (tertiary/aromatic N) is 2. The van der Waals surface area contributed by atoms with Crippen LogP contribution in [0.3, 0.4) is 0 Å². The van der Waals surface area contributed by atoms with Gasteiger partial charge < -0.3 is 10.5 Å². The molecule has 6 nitrogen and oxygen atoms in total. The van der Waals surface area contributed by atoms with E-state index in [4.69, 9.17) is 10.5 Å². The Morgan fingerprint density at radius 2 is 2.47 bits per heavy atom. The zero-order valence-corrected chi connectivity index (χ0v) is 8.99. The second-order valence-electron chi connectivity index (χ2n) is 3.34. The number of rotatable bonds is 1. The Kier molecular flexibility index (Phi) is 2.57. The van der Waals surface area contributed by atoms with Gasteiger partial charge in [-0.1, -0.05) is 0 Å². The van der Waals surface area contributed by atoms with Crippen LogP contribution in [-0.4, -0.2) is 25.5 Å². The van der Waals surface area contributed by atoms with E-state index in [1.54, 1.807) is 13.1 Å². The summed E-state index contributed by atoms with van der Waals surface area (Å²) in [6.07, 6.45) is 1.10. The average Bonchev–Trinajstić information content (AvgIpc) is 2.58. The molecule has 1 saturated heterocycles. The maximum atomic E-state index is 11.5. The molecule has 1 aromatic heterocycles. The molecule has 2 atom stereocenters. The van der Waals surface area contributed by atoms with Gasteiger partial charge in [-0.3, -0.25) is 8.78 Å². The lowest BCUT2D eigenvalue weighted by Gasteiger charge is -2.12. The van der Waals surface area contributed by atoms with Gasteiger partial charge in [-0.2, -0.15) is 4.98 Å². The first-order valence-corrected chi connectivity index (χ1v) is 5.88. The maximum absolute atomic E-state index is 11.5. The number of nitrogen functional groups attached to an aromatic ring is 1. The number of aryl methyl sites for hydroxylation is 1. The van der Waals surface area contributed by atoms with E-state index in [0.717, 1.165) is 0 Å². The highest BCUT2D eigenvalue weighted by Gasteiger charge is 2.24. The summed E-state index contributed by atoms with van der Waals surface area (Å²) < 4.78 is 17.7. The molecular weight excluding hydrogens is 218 g/mol. The smallest absolute Gasteiger partial charge is 0.351 e. The summed E-state index contributed by atoms with van der Waals surface area (Å²) in [7, 11) is -1.01. The van der Waals surface area contributed by atoms with Crippen molar-refractivity contribution in [3.8, 4) is 0 Å².